The zero-order chi connectivity index (χ0) is 23.9. The number of hydrogen-bond acceptors (Lipinski definition) is 1. The fourth-order valence-electron chi connectivity index (χ4n) is 4.82. The maximum atomic E-state index is 6.22. The molecule has 1 atom stereocenters. The first-order valence-electron chi connectivity index (χ1n) is 11.8. The van der Waals surface area contributed by atoms with Gasteiger partial charge in [-0.1, -0.05) is 91.5 Å². The first-order valence-corrected chi connectivity index (χ1v) is 13.7. The van der Waals surface area contributed by atoms with Gasteiger partial charge < -0.3 is 4.74 Å². The standard InChI is InChI=1S/C33H28OP/c1-2-33(27-16-15-19-29(26-27)34-28-17-7-3-8-18-28)35(30-20-9-4-10-21-30,31-22-11-5-12-23-31)32-24-13-6-14-25-32/h2-26,33H,1H2/q+1. The van der Waals surface area contributed by atoms with Crippen LogP contribution in [0.3, 0.4) is 0 Å². The lowest BCUT2D eigenvalue weighted by atomic mass is 10.1. The summed E-state index contributed by atoms with van der Waals surface area (Å²) in [5.41, 5.74) is 1.26. The van der Waals surface area contributed by atoms with Crippen LogP contribution in [0.2, 0.25) is 0 Å². The summed E-state index contributed by atoms with van der Waals surface area (Å²) >= 11 is 0. The molecular formula is C33H28OP+. The van der Waals surface area contributed by atoms with E-state index >= 15 is 0 Å². The van der Waals surface area contributed by atoms with E-state index in [2.05, 4.69) is 122 Å². The summed E-state index contributed by atoms with van der Waals surface area (Å²) in [6.45, 7) is 4.38. The molecule has 0 bridgehead atoms. The molecule has 0 amide bonds. The maximum absolute atomic E-state index is 6.22. The molecule has 0 aliphatic rings. The molecule has 1 unspecified atom stereocenters. The van der Waals surface area contributed by atoms with Crippen molar-refractivity contribution < 1.29 is 4.74 Å². The van der Waals surface area contributed by atoms with Gasteiger partial charge in [-0.15, -0.1) is 0 Å². The third-order valence-corrected chi connectivity index (χ3v) is 11.0. The van der Waals surface area contributed by atoms with E-state index in [1.54, 1.807) is 0 Å². The lowest BCUT2D eigenvalue weighted by molar-refractivity contribution is 0.482. The van der Waals surface area contributed by atoms with Crippen LogP contribution < -0.4 is 20.7 Å². The summed E-state index contributed by atoms with van der Waals surface area (Å²) < 4.78 is 6.22. The van der Waals surface area contributed by atoms with E-state index in [0.717, 1.165) is 11.5 Å². The molecule has 5 aromatic rings. The van der Waals surface area contributed by atoms with E-state index in [1.165, 1.54) is 21.5 Å². The van der Waals surface area contributed by atoms with Gasteiger partial charge in [0.1, 0.15) is 40.3 Å². The molecule has 0 aliphatic heterocycles. The smallest absolute Gasteiger partial charge is 0.127 e. The first kappa shape index (κ1) is 22.8. The molecule has 2 heteroatoms. The fourth-order valence-corrected chi connectivity index (χ4v) is 9.53. The van der Waals surface area contributed by atoms with Crippen molar-refractivity contribution in [3.05, 3.63) is 164 Å². The molecular weight excluding hydrogens is 443 g/mol. The lowest BCUT2D eigenvalue weighted by Crippen LogP contribution is -2.34. The Balaban J connectivity index is 1.73. The SMILES string of the molecule is C=CC(c1cccc(Oc2ccccc2)c1)[P+](c1ccccc1)(c1ccccc1)c1ccccc1. The van der Waals surface area contributed by atoms with Gasteiger partial charge in [0.05, 0.1) is 0 Å². The minimum absolute atomic E-state index is 0.0639. The number of ether oxygens (including phenoxy) is 1. The summed E-state index contributed by atoms with van der Waals surface area (Å²) in [6.07, 6.45) is 2.13. The van der Waals surface area contributed by atoms with Crippen molar-refractivity contribution in [1.82, 2.24) is 0 Å². The second-order valence-corrected chi connectivity index (χ2v) is 11.9. The molecule has 0 saturated heterocycles. The highest BCUT2D eigenvalue weighted by Gasteiger charge is 2.51. The first-order chi connectivity index (χ1) is 17.3. The van der Waals surface area contributed by atoms with Crippen molar-refractivity contribution in [3.8, 4) is 11.5 Å². The Kier molecular flexibility index (Phi) is 6.89. The number of rotatable bonds is 8. The predicted octanol–water partition coefficient (Wildman–Crippen LogP) is 7.70. The molecule has 0 N–H and O–H groups in total. The second-order valence-electron chi connectivity index (χ2n) is 8.40. The third kappa shape index (κ3) is 4.56. The summed E-state index contributed by atoms with van der Waals surface area (Å²) in [4.78, 5) is 0. The Hall–Kier alpha value is -3.93. The second kappa shape index (κ2) is 10.6. The van der Waals surface area contributed by atoms with Gasteiger partial charge in [-0.2, -0.15) is 0 Å². The molecule has 35 heavy (non-hydrogen) atoms. The van der Waals surface area contributed by atoms with Crippen LogP contribution in [-0.2, 0) is 0 Å². The number of benzene rings is 5. The van der Waals surface area contributed by atoms with E-state index in [9.17, 15) is 0 Å². The zero-order valence-electron chi connectivity index (χ0n) is 19.6. The van der Waals surface area contributed by atoms with Gasteiger partial charge in [0.25, 0.3) is 0 Å². The molecule has 0 heterocycles. The third-order valence-electron chi connectivity index (χ3n) is 6.31. The number of para-hydroxylation sites is 1. The van der Waals surface area contributed by atoms with Crippen molar-refractivity contribution in [1.29, 1.82) is 0 Å². The van der Waals surface area contributed by atoms with Gasteiger partial charge in [0.15, 0.2) is 0 Å². The summed E-state index contributed by atoms with van der Waals surface area (Å²) in [6, 6.07) is 51.2. The Bertz CT molecular complexity index is 1270. The van der Waals surface area contributed by atoms with Gasteiger partial charge in [0, 0.05) is 5.56 Å². The van der Waals surface area contributed by atoms with Crippen molar-refractivity contribution >= 4 is 23.2 Å². The van der Waals surface area contributed by atoms with Crippen LogP contribution in [-0.4, -0.2) is 0 Å². The number of allylic oxidation sites excluding steroid dienone is 1. The van der Waals surface area contributed by atoms with Gasteiger partial charge >= 0.3 is 0 Å². The Labute approximate surface area is 208 Å². The molecule has 0 aliphatic carbocycles. The van der Waals surface area contributed by atoms with Crippen molar-refractivity contribution in [2.24, 2.45) is 0 Å². The van der Waals surface area contributed by atoms with Gasteiger partial charge in [-0.05, 0) is 66.7 Å². The normalized spacial score (nSPS) is 12.0. The minimum atomic E-state index is -2.16. The van der Waals surface area contributed by atoms with Gasteiger partial charge in [0.2, 0.25) is 0 Å². The van der Waals surface area contributed by atoms with E-state index in [1.807, 2.05) is 36.4 Å². The highest BCUT2D eigenvalue weighted by atomic mass is 31.2. The van der Waals surface area contributed by atoms with E-state index in [-0.39, 0.29) is 5.66 Å². The highest BCUT2D eigenvalue weighted by Crippen LogP contribution is 2.67. The average Bonchev–Trinajstić information content (AvgIpc) is 2.94. The largest absolute Gasteiger partial charge is 0.457 e. The topological polar surface area (TPSA) is 9.23 Å². The fraction of sp³-hybridized carbons (Fsp3) is 0.0303. The van der Waals surface area contributed by atoms with Crippen LogP contribution in [0, 0.1) is 0 Å². The van der Waals surface area contributed by atoms with E-state index < -0.39 is 7.26 Å². The predicted molar refractivity (Wildman–Crippen MR) is 151 cm³/mol. The Morgan fingerprint density at radius 2 is 0.943 bits per heavy atom. The Morgan fingerprint density at radius 1 is 0.514 bits per heavy atom. The number of hydrogen-bond donors (Lipinski definition) is 0. The quantitative estimate of drug-likeness (QED) is 0.166. The van der Waals surface area contributed by atoms with Gasteiger partial charge in [-0.3, -0.25) is 0 Å². The summed E-state index contributed by atoms with van der Waals surface area (Å²) in [7, 11) is -2.16. The molecule has 0 radical (unpaired) electrons. The lowest BCUT2D eigenvalue weighted by Gasteiger charge is -2.33. The Morgan fingerprint density at radius 3 is 1.40 bits per heavy atom. The summed E-state index contributed by atoms with van der Waals surface area (Å²) in [5.74, 6) is 1.66. The average molecular weight is 472 g/mol. The molecule has 170 valence electrons. The molecule has 1 nitrogen and oxygen atoms in total. The highest BCUT2D eigenvalue weighted by molar-refractivity contribution is 7.96. The molecule has 0 aromatic heterocycles. The van der Waals surface area contributed by atoms with E-state index in [4.69, 9.17) is 4.74 Å². The van der Waals surface area contributed by atoms with E-state index in [0.29, 0.717) is 0 Å². The van der Waals surface area contributed by atoms with Crippen molar-refractivity contribution in [2.45, 2.75) is 5.66 Å². The maximum Gasteiger partial charge on any atom is 0.127 e. The van der Waals surface area contributed by atoms with Crippen molar-refractivity contribution in [2.75, 3.05) is 0 Å². The molecule has 5 rings (SSSR count). The van der Waals surface area contributed by atoms with Crippen LogP contribution in [0.4, 0.5) is 0 Å². The van der Waals surface area contributed by atoms with Crippen LogP contribution in [0.1, 0.15) is 11.2 Å². The minimum Gasteiger partial charge on any atom is -0.457 e. The van der Waals surface area contributed by atoms with Crippen LogP contribution in [0.5, 0.6) is 11.5 Å². The zero-order valence-corrected chi connectivity index (χ0v) is 20.5. The van der Waals surface area contributed by atoms with Crippen LogP contribution in [0.25, 0.3) is 0 Å². The molecule has 0 spiro atoms. The van der Waals surface area contributed by atoms with Crippen LogP contribution in [0.15, 0.2) is 158 Å². The monoisotopic (exact) mass is 471 g/mol. The molecule has 0 saturated carbocycles. The molecule has 5 aromatic carbocycles. The van der Waals surface area contributed by atoms with Crippen molar-refractivity contribution in [3.63, 3.8) is 0 Å². The molecule has 0 fully saturated rings. The summed E-state index contributed by atoms with van der Waals surface area (Å²) in [5, 5.41) is 3.99. The van der Waals surface area contributed by atoms with Gasteiger partial charge in [-0.25, -0.2) is 0 Å². The van der Waals surface area contributed by atoms with Crippen LogP contribution >= 0.6 is 7.26 Å².